The lowest BCUT2D eigenvalue weighted by Gasteiger charge is -2.40. The van der Waals surface area contributed by atoms with Gasteiger partial charge in [-0.1, -0.05) is 91.2 Å². The van der Waals surface area contributed by atoms with Gasteiger partial charge in [0.15, 0.2) is 0 Å². The molecule has 2 aliphatic heterocycles. The second-order valence-electron chi connectivity index (χ2n) is 11.1. The highest BCUT2D eigenvalue weighted by Crippen LogP contribution is 2.32. The van der Waals surface area contributed by atoms with E-state index < -0.39 is 0 Å². The van der Waals surface area contributed by atoms with Crippen molar-refractivity contribution in [3.63, 3.8) is 0 Å². The maximum atomic E-state index is 2.68. The monoisotopic (exact) mass is 527 g/mol. The first-order chi connectivity index (χ1) is 18.3. The molecule has 0 radical (unpaired) electrons. The van der Waals surface area contributed by atoms with Crippen molar-refractivity contribution in [1.29, 1.82) is 0 Å². The molecule has 2 saturated heterocycles. The molecule has 0 aromatic heterocycles. The van der Waals surface area contributed by atoms with Crippen LogP contribution in [0, 0.1) is 0 Å². The summed E-state index contributed by atoms with van der Waals surface area (Å²) in [6.07, 6.45) is 10.3. The highest BCUT2D eigenvalue weighted by atomic mass is 35.5. The van der Waals surface area contributed by atoms with Crippen LogP contribution in [0.2, 0.25) is 0 Å². The normalized spacial score (nSPS) is 18.9. The number of fused-ring (bicyclic) bond motifs is 1. The maximum Gasteiger partial charge on any atom is 0.0602 e. The van der Waals surface area contributed by atoms with Gasteiger partial charge in [-0.3, -0.25) is 9.80 Å². The van der Waals surface area contributed by atoms with Gasteiger partial charge in [0.1, 0.15) is 0 Å². The third kappa shape index (κ3) is 6.34. The van der Waals surface area contributed by atoms with Gasteiger partial charge in [-0.05, 0) is 60.1 Å². The van der Waals surface area contributed by atoms with Crippen LogP contribution < -0.4 is 4.90 Å². The molecule has 2 fully saturated rings. The third-order valence-electron chi connectivity index (χ3n) is 8.60. The van der Waals surface area contributed by atoms with E-state index in [9.17, 15) is 0 Å². The van der Waals surface area contributed by atoms with Crippen LogP contribution in [-0.2, 0) is 6.42 Å². The molecule has 0 atom stereocenters. The molecule has 0 bridgehead atoms. The first-order valence-corrected chi connectivity index (χ1v) is 14.5. The predicted molar refractivity (Wildman–Crippen MR) is 163 cm³/mol. The Labute approximate surface area is 235 Å². The van der Waals surface area contributed by atoms with Crippen LogP contribution in [-0.4, -0.2) is 55.6 Å². The number of hydrogen-bond acceptors (Lipinski definition) is 3. The highest BCUT2D eigenvalue weighted by molar-refractivity contribution is 5.85. The molecular formula is C34H42ClN3. The van der Waals surface area contributed by atoms with E-state index >= 15 is 0 Å². The number of hydrogen-bond donors (Lipinski definition) is 0. The Kier molecular flexibility index (Phi) is 9.22. The van der Waals surface area contributed by atoms with E-state index in [1.54, 1.807) is 11.1 Å². The summed E-state index contributed by atoms with van der Waals surface area (Å²) in [4.78, 5) is 7.96. The van der Waals surface area contributed by atoms with Gasteiger partial charge in [0.05, 0.1) is 6.04 Å². The van der Waals surface area contributed by atoms with Crippen molar-refractivity contribution >= 4 is 24.2 Å². The Morgan fingerprint density at radius 2 is 1.26 bits per heavy atom. The summed E-state index contributed by atoms with van der Waals surface area (Å²) in [6, 6.07) is 29.6. The molecule has 0 unspecified atom stereocenters. The lowest BCUT2D eigenvalue weighted by atomic mass is 9.91. The van der Waals surface area contributed by atoms with Crippen molar-refractivity contribution in [2.45, 2.75) is 44.6 Å². The number of aryl methyl sites for hydroxylation is 1. The van der Waals surface area contributed by atoms with Crippen LogP contribution in [0.1, 0.15) is 60.4 Å². The quantitative estimate of drug-likeness (QED) is 0.335. The Morgan fingerprint density at radius 3 is 1.89 bits per heavy atom. The molecule has 3 aliphatic rings. The fourth-order valence-electron chi connectivity index (χ4n) is 6.54. The van der Waals surface area contributed by atoms with Crippen molar-refractivity contribution in [3.05, 3.63) is 107 Å². The molecule has 6 rings (SSSR count). The largest absolute Gasteiger partial charge is 0.372 e. The molecule has 0 N–H and O–H groups in total. The van der Waals surface area contributed by atoms with Crippen LogP contribution in [0.5, 0.6) is 0 Å². The second-order valence-corrected chi connectivity index (χ2v) is 11.1. The molecule has 4 heteroatoms. The third-order valence-corrected chi connectivity index (χ3v) is 8.60. The fourth-order valence-corrected chi connectivity index (χ4v) is 6.54. The molecule has 2 heterocycles. The second kappa shape index (κ2) is 13.0. The minimum Gasteiger partial charge on any atom is -0.372 e. The zero-order chi connectivity index (χ0) is 24.9. The number of benzene rings is 3. The summed E-state index contributed by atoms with van der Waals surface area (Å²) >= 11 is 0. The van der Waals surface area contributed by atoms with Crippen LogP contribution >= 0.6 is 12.4 Å². The summed E-state index contributed by atoms with van der Waals surface area (Å²) in [7, 11) is 0. The smallest absolute Gasteiger partial charge is 0.0602 e. The standard InChI is InChI=1S/C34H41N3.ClH/c1-2-10-20-36(19-9-1)33-18-17-31-25-28(15-16-32(31)26-33)27-35-21-23-37(24-22-35)34(29-11-5-3-6-12-29)30-13-7-4-8-14-30;/h3-8,11-14,17-18,25-26,34H,1-2,9-10,15-16,19-24,27H2;1H. The Bertz CT molecular complexity index is 1140. The molecular weight excluding hydrogens is 486 g/mol. The van der Waals surface area contributed by atoms with Gasteiger partial charge in [0, 0.05) is 51.5 Å². The summed E-state index contributed by atoms with van der Waals surface area (Å²) in [5, 5.41) is 0. The highest BCUT2D eigenvalue weighted by Gasteiger charge is 2.27. The summed E-state index contributed by atoms with van der Waals surface area (Å²) in [5.41, 5.74) is 8.84. The number of halogens is 1. The molecule has 3 nitrogen and oxygen atoms in total. The van der Waals surface area contributed by atoms with Crippen LogP contribution in [0.15, 0.2) is 84.4 Å². The number of rotatable bonds is 6. The van der Waals surface area contributed by atoms with Gasteiger partial charge in [0.25, 0.3) is 0 Å². The zero-order valence-electron chi connectivity index (χ0n) is 22.6. The zero-order valence-corrected chi connectivity index (χ0v) is 23.4. The Morgan fingerprint density at radius 1 is 0.632 bits per heavy atom. The van der Waals surface area contributed by atoms with E-state index in [1.807, 2.05) is 0 Å². The molecule has 3 aromatic rings. The molecule has 0 amide bonds. The minimum absolute atomic E-state index is 0. The van der Waals surface area contributed by atoms with Crippen molar-refractivity contribution in [2.75, 3.05) is 50.7 Å². The van der Waals surface area contributed by atoms with E-state index in [2.05, 4.69) is 99.6 Å². The van der Waals surface area contributed by atoms with Gasteiger partial charge in [-0.15, -0.1) is 12.4 Å². The Hall–Kier alpha value is -2.59. The lowest BCUT2D eigenvalue weighted by molar-refractivity contribution is 0.115. The van der Waals surface area contributed by atoms with Crippen LogP contribution in [0.3, 0.4) is 0 Å². The maximum absolute atomic E-state index is 2.68. The number of piperazine rings is 1. The van der Waals surface area contributed by atoms with Gasteiger partial charge in [-0.2, -0.15) is 0 Å². The molecule has 38 heavy (non-hydrogen) atoms. The first-order valence-electron chi connectivity index (χ1n) is 14.5. The van der Waals surface area contributed by atoms with Crippen molar-refractivity contribution in [2.24, 2.45) is 0 Å². The van der Waals surface area contributed by atoms with Crippen LogP contribution in [0.4, 0.5) is 5.69 Å². The van der Waals surface area contributed by atoms with Crippen molar-refractivity contribution in [1.82, 2.24) is 9.80 Å². The fraction of sp³-hybridized carbons (Fsp3) is 0.412. The summed E-state index contributed by atoms with van der Waals surface area (Å²) in [5.74, 6) is 0. The predicted octanol–water partition coefficient (Wildman–Crippen LogP) is 7.23. The van der Waals surface area contributed by atoms with Gasteiger partial charge >= 0.3 is 0 Å². The van der Waals surface area contributed by atoms with Gasteiger partial charge in [0.2, 0.25) is 0 Å². The van der Waals surface area contributed by atoms with Gasteiger partial charge < -0.3 is 4.90 Å². The average molecular weight is 528 g/mol. The summed E-state index contributed by atoms with van der Waals surface area (Å²) in [6.45, 7) is 8.04. The SMILES string of the molecule is C1=C(CN2CCN(C(c3ccccc3)c3ccccc3)CC2)CCc2cc(N3CCCCCC3)ccc21.Cl. The Balaban J connectivity index is 0.00000294. The van der Waals surface area contributed by atoms with E-state index in [4.69, 9.17) is 0 Å². The molecule has 0 saturated carbocycles. The number of anilines is 1. The number of nitrogens with zero attached hydrogens (tertiary/aromatic N) is 3. The van der Waals surface area contributed by atoms with E-state index in [1.165, 1.54) is 74.0 Å². The van der Waals surface area contributed by atoms with Gasteiger partial charge in [-0.25, -0.2) is 0 Å². The topological polar surface area (TPSA) is 9.72 Å². The molecule has 200 valence electrons. The lowest BCUT2D eigenvalue weighted by Crippen LogP contribution is -2.48. The van der Waals surface area contributed by atoms with E-state index in [0.29, 0.717) is 6.04 Å². The van der Waals surface area contributed by atoms with Crippen molar-refractivity contribution in [3.8, 4) is 0 Å². The van der Waals surface area contributed by atoms with E-state index in [-0.39, 0.29) is 12.4 Å². The molecule has 0 spiro atoms. The minimum atomic E-state index is 0. The van der Waals surface area contributed by atoms with Crippen molar-refractivity contribution < 1.29 is 0 Å². The van der Waals surface area contributed by atoms with Crippen LogP contribution in [0.25, 0.3) is 6.08 Å². The average Bonchev–Trinajstić information content (AvgIpc) is 3.25. The van der Waals surface area contributed by atoms with E-state index in [0.717, 1.165) is 32.7 Å². The molecule has 1 aliphatic carbocycles. The first kappa shape index (κ1) is 27.0. The molecule has 3 aromatic carbocycles. The summed E-state index contributed by atoms with van der Waals surface area (Å²) < 4.78 is 0.